The molecule has 0 atom stereocenters. The van der Waals surface area contributed by atoms with Gasteiger partial charge in [-0.15, -0.1) is 0 Å². The van der Waals surface area contributed by atoms with Crippen LogP contribution in [0.5, 0.6) is 5.75 Å². The van der Waals surface area contributed by atoms with Crippen LogP contribution in [0.15, 0.2) is 16.6 Å². The highest BCUT2D eigenvalue weighted by atomic mass is 79.9. The number of methoxy groups -OCH3 is 1. The lowest BCUT2D eigenvalue weighted by Gasteiger charge is -2.18. The first-order valence-corrected chi connectivity index (χ1v) is 5.46. The van der Waals surface area contributed by atoms with Gasteiger partial charge in [-0.1, -0.05) is 6.07 Å². The van der Waals surface area contributed by atoms with Gasteiger partial charge in [0, 0.05) is 0 Å². The third kappa shape index (κ3) is 1.60. The number of hydrogen-bond donors (Lipinski definition) is 0. The molecule has 0 radical (unpaired) electrons. The lowest BCUT2D eigenvalue weighted by molar-refractivity contribution is 0.410. The molecule has 1 aromatic carbocycles. The molecular weight excluding hydrogens is 228 g/mol. The van der Waals surface area contributed by atoms with E-state index in [2.05, 4.69) is 22.0 Å². The van der Waals surface area contributed by atoms with Crippen LogP contribution in [0, 0.1) is 0 Å². The number of rotatable bonds is 1. The first kappa shape index (κ1) is 9.07. The van der Waals surface area contributed by atoms with Crippen molar-refractivity contribution in [2.24, 2.45) is 0 Å². The molecule has 0 aliphatic heterocycles. The average molecular weight is 241 g/mol. The lowest BCUT2D eigenvalue weighted by Crippen LogP contribution is -2.04. The van der Waals surface area contributed by atoms with Crippen molar-refractivity contribution in [3.05, 3.63) is 27.7 Å². The summed E-state index contributed by atoms with van der Waals surface area (Å²) < 4.78 is 6.42. The van der Waals surface area contributed by atoms with Gasteiger partial charge in [0.1, 0.15) is 5.75 Å². The smallest absolute Gasteiger partial charge is 0.133 e. The molecule has 2 heteroatoms. The van der Waals surface area contributed by atoms with Gasteiger partial charge < -0.3 is 4.74 Å². The van der Waals surface area contributed by atoms with Gasteiger partial charge in [-0.2, -0.15) is 0 Å². The Bertz CT molecular complexity index is 320. The number of halogens is 1. The molecule has 0 heterocycles. The van der Waals surface area contributed by atoms with Crippen molar-refractivity contribution in [2.75, 3.05) is 7.11 Å². The zero-order valence-corrected chi connectivity index (χ0v) is 9.36. The number of ether oxygens (including phenoxy) is 1. The first-order valence-electron chi connectivity index (χ1n) is 4.67. The second-order valence-corrected chi connectivity index (χ2v) is 4.22. The van der Waals surface area contributed by atoms with E-state index < -0.39 is 0 Å². The van der Waals surface area contributed by atoms with Crippen LogP contribution in [-0.4, -0.2) is 7.11 Å². The van der Waals surface area contributed by atoms with Gasteiger partial charge in [-0.05, 0) is 58.8 Å². The number of aryl methyl sites for hydroxylation is 1. The van der Waals surface area contributed by atoms with E-state index in [4.69, 9.17) is 4.74 Å². The quantitative estimate of drug-likeness (QED) is 0.732. The predicted octanol–water partition coefficient (Wildman–Crippen LogP) is 3.34. The molecule has 1 aliphatic carbocycles. The Morgan fingerprint density at radius 1 is 1.23 bits per heavy atom. The van der Waals surface area contributed by atoms with E-state index >= 15 is 0 Å². The molecule has 70 valence electrons. The summed E-state index contributed by atoms with van der Waals surface area (Å²) in [6, 6.07) is 4.24. The van der Waals surface area contributed by atoms with E-state index in [0.29, 0.717) is 0 Å². The Morgan fingerprint density at radius 3 is 2.77 bits per heavy atom. The van der Waals surface area contributed by atoms with Gasteiger partial charge in [0.25, 0.3) is 0 Å². The average Bonchev–Trinajstić information content (AvgIpc) is 2.19. The van der Waals surface area contributed by atoms with Crippen molar-refractivity contribution < 1.29 is 4.74 Å². The standard InChI is InChI=1S/C11H13BrO/c1-13-10-7-6-8-4-2-3-5-9(8)11(10)12/h6-7H,2-5H2,1H3. The van der Waals surface area contributed by atoms with Crippen molar-refractivity contribution in [1.82, 2.24) is 0 Å². The molecule has 1 nitrogen and oxygen atoms in total. The van der Waals surface area contributed by atoms with Crippen molar-refractivity contribution in [2.45, 2.75) is 25.7 Å². The third-order valence-corrected chi connectivity index (χ3v) is 3.52. The summed E-state index contributed by atoms with van der Waals surface area (Å²) in [7, 11) is 1.72. The Labute approximate surface area is 87.2 Å². The maximum atomic E-state index is 5.26. The van der Waals surface area contributed by atoms with Crippen molar-refractivity contribution in [1.29, 1.82) is 0 Å². The molecule has 13 heavy (non-hydrogen) atoms. The fourth-order valence-electron chi connectivity index (χ4n) is 1.92. The molecule has 1 aromatic rings. The number of benzene rings is 1. The molecule has 0 amide bonds. The molecule has 2 rings (SSSR count). The molecule has 0 bridgehead atoms. The molecule has 0 unspecified atom stereocenters. The Morgan fingerprint density at radius 2 is 2.00 bits per heavy atom. The summed E-state index contributed by atoms with van der Waals surface area (Å²) in [5, 5.41) is 0. The van der Waals surface area contributed by atoms with Crippen molar-refractivity contribution >= 4 is 15.9 Å². The fraction of sp³-hybridized carbons (Fsp3) is 0.455. The molecule has 1 aliphatic rings. The first-order chi connectivity index (χ1) is 6.33. The van der Waals surface area contributed by atoms with Crippen molar-refractivity contribution in [3.63, 3.8) is 0 Å². The van der Waals surface area contributed by atoms with E-state index in [1.807, 2.05) is 6.07 Å². The van der Waals surface area contributed by atoms with Gasteiger partial charge in [0.15, 0.2) is 0 Å². The highest BCUT2D eigenvalue weighted by Gasteiger charge is 2.14. The molecule has 0 saturated carbocycles. The van der Waals surface area contributed by atoms with E-state index in [9.17, 15) is 0 Å². The number of hydrogen-bond acceptors (Lipinski definition) is 1. The summed E-state index contributed by atoms with van der Waals surface area (Å²) in [6.07, 6.45) is 5.04. The molecular formula is C11H13BrO. The minimum atomic E-state index is 0.959. The third-order valence-electron chi connectivity index (χ3n) is 2.65. The predicted molar refractivity (Wildman–Crippen MR) is 57.3 cm³/mol. The minimum absolute atomic E-state index is 0.959. The van der Waals surface area contributed by atoms with E-state index in [1.165, 1.54) is 36.8 Å². The number of fused-ring (bicyclic) bond motifs is 1. The second kappa shape index (κ2) is 3.70. The van der Waals surface area contributed by atoms with E-state index in [0.717, 1.165) is 10.2 Å². The monoisotopic (exact) mass is 240 g/mol. The van der Waals surface area contributed by atoms with Crippen LogP contribution in [0.2, 0.25) is 0 Å². The summed E-state index contributed by atoms with van der Waals surface area (Å²) in [4.78, 5) is 0. The highest BCUT2D eigenvalue weighted by molar-refractivity contribution is 9.10. The molecule has 0 N–H and O–H groups in total. The summed E-state index contributed by atoms with van der Waals surface area (Å²) in [5.41, 5.74) is 2.93. The Kier molecular flexibility index (Phi) is 2.58. The largest absolute Gasteiger partial charge is 0.496 e. The molecule has 0 aromatic heterocycles. The van der Waals surface area contributed by atoms with Crippen LogP contribution < -0.4 is 4.74 Å². The maximum Gasteiger partial charge on any atom is 0.133 e. The zero-order valence-electron chi connectivity index (χ0n) is 7.77. The summed E-state index contributed by atoms with van der Waals surface area (Å²) >= 11 is 3.60. The second-order valence-electron chi connectivity index (χ2n) is 3.43. The van der Waals surface area contributed by atoms with Crippen LogP contribution in [-0.2, 0) is 12.8 Å². The molecule has 0 spiro atoms. The van der Waals surface area contributed by atoms with Crippen LogP contribution in [0.4, 0.5) is 0 Å². The van der Waals surface area contributed by atoms with Crippen LogP contribution in [0.25, 0.3) is 0 Å². The van der Waals surface area contributed by atoms with Gasteiger partial charge in [0.2, 0.25) is 0 Å². The van der Waals surface area contributed by atoms with Crippen LogP contribution in [0.3, 0.4) is 0 Å². The van der Waals surface area contributed by atoms with Gasteiger partial charge >= 0.3 is 0 Å². The van der Waals surface area contributed by atoms with Gasteiger partial charge in [0.05, 0.1) is 11.6 Å². The van der Waals surface area contributed by atoms with Gasteiger partial charge in [-0.25, -0.2) is 0 Å². The topological polar surface area (TPSA) is 9.23 Å². The van der Waals surface area contributed by atoms with Crippen molar-refractivity contribution in [3.8, 4) is 5.75 Å². The van der Waals surface area contributed by atoms with E-state index in [-0.39, 0.29) is 0 Å². The maximum absolute atomic E-state index is 5.26. The van der Waals surface area contributed by atoms with Gasteiger partial charge in [-0.3, -0.25) is 0 Å². The molecule has 0 fully saturated rings. The SMILES string of the molecule is COc1ccc2c(c1Br)CCCC2. The summed E-state index contributed by atoms with van der Waals surface area (Å²) in [6.45, 7) is 0. The van der Waals surface area contributed by atoms with E-state index in [1.54, 1.807) is 7.11 Å². The Hall–Kier alpha value is -0.500. The highest BCUT2D eigenvalue weighted by Crippen LogP contribution is 2.34. The minimum Gasteiger partial charge on any atom is -0.496 e. The van der Waals surface area contributed by atoms with Crippen LogP contribution in [0.1, 0.15) is 24.0 Å². The fourth-order valence-corrected chi connectivity index (χ4v) is 2.67. The zero-order chi connectivity index (χ0) is 9.26. The normalized spacial score (nSPS) is 15.2. The Balaban J connectivity index is 2.48. The lowest BCUT2D eigenvalue weighted by atomic mass is 9.92. The van der Waals surface area contributed by atoms with Crippen LogP contribution >= 0.6 is 15.9 Å². The summed E-state index contributed by atoms with van der Waals surface area (Å²) in [5.74, 6) is 0.959. The molecule has 0 saturated heterocycles.